The van der Waals surface area contributed by atoms with Crippen LogP contribution in [0.15, 0.2) is 51.7 Å². The maximum Gasteiger partial charge on any atom is 0.290 e. The van der Waals surface area contributed by atoms with E-state index in [9.17, 15) is 9.59 Å². The molecule has 3 aromatic rings. The van der Waals surface area contributed by atoms with Crippen molar-refractivity contribution < 1.29 is 13.9 Å². The van der Waals surface area contributed by atoms with Crippen molar-refractivity contribution in [2.75, 3.05) is 33.8 Å². The number of likely N-dealkylation sites (N-methyl/N-ethyl adjacent to an activating group) is 1. The van der Waals surface area contributed by atoms with Gasteiger partial charge in [-0.25, -0.2) is 0 Å². The summed E-state index contributed by atoms with van der Waals surface area (Å²) in [6, 6.07) is 12.8. The Kier molecular flexibility index (Phi) is 6.33. The number of nitrogens with zero attached hydrogens (tertiary/aromatic N) is 2. The molecule has 2 aromatic carbocycles. The van der Waals surface area contributed by atoms with E-state index in [1.54, 1.807) is 11.0 Å². The molecule has 0 N–H and O–H groups in total. The number of aryl methyl sites for hydroxylation is 1. The Morgan fingerprint density at radius 3 is 2.62 bits per heavy atom. The van der Waals surface area contributed by atoms with Crippen LogP contribution in [0.2, 0.25) is 0 Å². The van der Waals surface area contributed by atoms with E-state index in [-0.39, 0.29) is 17.1 Å². The van der Waals surface area contributed by atoms with Gasteiger partial charge in [-0.15, -0.1) is 0 Å². The molecule has 1 atom stereocenters. The number of hydrogen-bond donors (Lipinski definition) is 0. The lowest BCUT2D eigenvalue weighted by Gasteiger charge is -2.26. The lowest BCUT2D eigenvalue weighted by Crippen LogP contribution is -2.35. The molecule has 0 spiro atoms. The second-order valence-electron chi connectivity index (χ2n) is 8.48. The van der Waals surface area contributed by atoms with Gasteiger partial charge in [0.05, 0.1) is 23.6 Å². The summed E-state index contributed by atoms with van der Waals surface area (Å²) in [6.07, 6.45) is 1.72. The zero-order valence-corrected chi connectivity index (χ0v) is 19.2. The van der Waals surface area contributed by atoms with E-state index in [4.69, 9.17) is 9.15 Å². The molecular weight excluding hydrogens is 404 g/mol. The summed E-state index contributed by atoms with van der Waals surface area (Å²) < 4.78 is 11.9. The first-order valence-electron chi connectivity index (χ1n) is 11.2. The number of amides is 1. The van der Waals surface area contributed by atoms with Gasteiger partial charge in [0.1, 0.15) is 11.3 Å². The Bertz CT molecular complexity index is 1200. The van der Waals surface area contributed by atoms with E-state index in [0.29, 0.717) is 36.2 Å². The van der Waals surface area contributed by atoms with E-state index in [1.807, 2.05) is 62.3 Å². The first-order valence-corrected chi connectivity index (χ1v) is 11.2. The fraction of sp³-hybridized carbons (Fsp3) is 0.385. The quantitative estimate of drug-likeness (QED) is 0.530. The molecule has 0 fully saturated rings. The molecule has 4 rings (SSSR count). The molecular formula is C26H30N2O4. The third-order valence-electron chi connectivity index (χ3n) is 5.87. The molecule has 168 valence electrons. The van der Waals surface area contributed by atoms with Crippen LogP contribution in [0, 0.1) is 0 Å². The molecule has 1 aromatic heterocycles. The minimum absolute atomic E-state index is 0.137. The van der Waals surface area contributed by atoms with Crippen molar-refractivity contribution in [3.05, 3.63) is 75.1 Å². The number of carbonyl (C=O) groups is 1. The van der Waals surface area contributed by atoms with Gasteiger partial charge in [-0.3, -0.25) is 9.59 Å². The van der Waals surface area contributed by atoms with Gasteiger partial charge in [0.15, 0.2) is 5.43 Å². The summed E-state index contributed by atoms with van der Waals surface area (Å²) >= 11 is 0. The lowest BCUT2D eigenvalue weighted by molar-refractivity contribution is 0.0716. The van der Waals surface area contributed by atoms with E-state index < -0.39 is 6.04 Å². The Morgan fingerprint density at radius 1 is 1.09 bits per heavy atom. The number of benzene rings is 2. The highest BCUT2D eigenvalue weighted by atomic mass is 16.5. The van der Waals surface area contributed by atoms with Crippen LogP contribution in [0.4, 0.5) is 0 Å². The zero-order valence-electron chi connectivity index (χ0n) is 19.2. The lowest BCUT2D eigenvalue weighted by atomic mass is 9.97. The molecule has 2 heterocycles. The molecule has 1 aliphatic rings. The van der Waals surface area contributed by atoms with Gasteiger partial charge >= 0.3 is 0 Å². The Hall–Kier alpha value is -3.12. The summed E-state index contributed by atoms with van der Waals surface area (Å²) in [4.78, 5) is 30.9. The second-order valence-corrected chi connectivity index (χ2v) is 8.48. The van der Waals surface area contributed by atoms with Crippen LogP contribution < -0.4 is 10.2 Å². The van der Waals surface area contributed by atoms with Crippen LogP contribution >= 0.6 is 0 Å². The van der Waals surface area contributed by atoms with E-state index >= 15 is 0 Å². The fourth-order valence-electron chi connectivity index (χ4n) is 4.17. The molecule has 6 nitrogen and oxygen atoms in total. The predicted molar refractivity (Wildman–Crippen MR) is 126 cm³/mol. The fourth-order valence-corrected chi connectivity index (χ4v) is 4.17. The topological polar surface area (TPSA) is 63.0 Å². The summed E-state index contributed by atoms with van der Waals surface area (Å²) in [7, 11) is 3.93. The monoisotopic (exact) mass is 434 g/mol. The van der Waals surface area contributed by atoms with E-state index in [0.717, 1.165) is 29.7 Å². The third-order valence-corrected chi connectivity index (χ3v) is 5.87. The largest absolute Gasteiger partial charge is 0.494 e. The molecule has 6 heteroatoms. The molecule has 1 amide bonds. The van der Waals surface area contributed by atoms with Crippen LogP contribution in [0.25, 0.3) is 11.0 Å². The molecule has 0 radical (unpaired) electrons. The van der Waals surface area contributed by atoms with Gasteiger partial charge in [0, 0.05) is 13.1 Å². The third kappa shape index (κ3) is 4.02. The van der Waals surface area contributed by atoms with Crippen molar-refractivity contribution in [3.8, 4) is 5.75 Å². The average Bonchev–Trinajstić information content (AvgIpc) is 3.08. The molecule has 1 aliphatic heterocycles. The number of carbonyl (C=O) groups excluding carboxylic acids is 1. The molecule has 1 unspecified atom stereocenters. The average molecular weight is 435 g/mol. The first-order chi connectivity index (χ1) is 15.4. The Labute approximate surface area is 188 Å². The van der Waals surface area contributed by atoms with Crippen molar-refractivity contribution in [1.29, 1.82) is 0 Å². The van der Waals surface area contributed by atoms with Crippen molar-refractivity contribution in [2.24, 2.45) is 0 Å². The highest BCUT2D eigenvalue weighted by Crippen LogP contribution is 2.39. The van der Waals surface area contributed by atoms with Gasteiger partial charge in [-0.2, -0.15) is 0 Å². The van der Waals surface area contributed by atoms with Gasteiger partial charge in [-0.1, -0.05) is 32.0 Å². The van der Waals surface area contributed by atoms with Crippen molar-refractivity contribution >= 4 is 16.9 Å². The number of rotatable bonds is 8. The molecule has 0 saturated heterocycles. The normalized spacial score (nSPS) is 15.6. The number of ether oxygens (including phenoxy) is 1. The zero-order chi connectivity index (χ0) is 22.8. The van der Waals surface area contributed by atoms with Crippen LogP contribution in [0.1, 0.15) is 53.6 Å². The highest BCUT2D eigenvalue weighted by Gasteiger charge is 2.42. The van der Waals surface area contributed by atoms with Crippen LogP contribution in [-0.2, 0) is 6.42 Å². The smallest absolute Gasteiger partial charge is 0.290 e. The molecule has 0 saturated carbocycles. The second kappa shape index (κ2) is 9.17. The summed E-state index contributed by atoms with van der Waals surface area (Å²) in [5.74, 6) is 0.636. The van der Waals surface area contributed by atoms with Crippen LogP contribution in [-0.4, -0.2) is 49.5 Å². The molecule has 0 aliphatic carbocycles. The standard InChI is InChI=1S/C26H30N2O4/c1-5-14-31-19-9-7-8-18(16-19)23-22-24(29)20-15-17(6-2)10-11-21(20)32-25(22)26(30)28(23)13-12-27(3)4/h7-11,15-16,23H,5-6,12-14H2,1-4H3. The van der Waals surface area contributed by atoms with E-state index in [2.05, 4.69) is 6.92 Å². The number of fused-ring (bicyclic) bond motifs is 2. The summed E-state index contributed by atoms with van der Waals surface area (Å²) in [5, 5.41) is 0.522. The molecule has 32 heavy (non-hydrogen) atoms. The van der Waals surface area contributed by atoms with E-state index in [1.165, 1.54) is 0 Å². The highest BCUT2D eigenvalue weighted by molar-refractivity contribution is 5.99. The maximum absolute atomic E-state index is 13.7. The van der Waals surface area contributed by atoms with Crippen LogP contribution in [0.5, 0.6) is 5.75 Å². The van der Waals surface area contributed by atoms with Crippen molar-refractivity contribution in [1.82, 2.24) is 9.80 Å². The SMILES string of the molecule is CCCOc1cccc(C2c3c(oc4ccc(CC)cc4c3=O)C(=O)N2CCN(C)C)c1. The summed E-state index contributed by atoms with van der Waals surface area (Å²) in [6.45, 7) is 5.88. The van der Waals surface area contributed by atoms with Gasteiger partial charge < -0.3 is 19.0 Å². The van der Waals surface area contributed by atoms with Crippen molar-refractivity contribution in [3.63, 3.8) is 0 Å². The maximum atomic E-state index is 13.7. The summed E-state index contributed by atoms with van der Waals surface area (Å²) in [5.41, 5.74) is 2.64. The minimum atomic E-state index is -0.506. The van der Waals surface area contributed by atoms with Gasteiger partial charge in [0.2, 0.25) is 5.76 Å². The predicted octanol–water partition coefficient (Wildman–Crippen LogP) is 4.25. The number of hydrogen-bond acceptors (Lipinski definition) is 5. The van der Waals surface area contributed by atoms with Gasteiger partial charge in [0.25, 0.3) is 5.91 Å². The van der Waals surface area contributed by atoms with Crippen molar-refractivity contribution in [2.45, 2.75) is 32.7 Å². The first kappa shape index (κ1) is 22.1. The molecule has 0 bridgehead atoms. The Balaban J connectivity index is 1.89. The van der Waals surface area contributed by atoms with Crippen LogP contribution in [0.3, 0.4) is 0 Å². The Morgan fingerprint density at radius 2 is 1.91 bits per heavy atom. The minimum Gasteiger partial charge on any atom is -0.494 e. The van der Waals surface area contributed by atoms with Gasteiger partial charge in [-0.05, 0) is 62.3 Å².